The Morgan fingerprint density at radius 2 is 1.65 bits per heavy atom. The van der Waals surface area contributed by atoms with Gasteiger partial charge in [0, 0.05) is 19.5 Å². The number of benzene rings is 2. The van der Waals surface area contributed by atoms with E-state index in [0.29, 0.717) is 30.1 Å². The third-order valence-corrected chi connectivity index (χ3v) is 7.22. The number of nitrogens with two attached hydrogens (primary N) is 1. The van der Waals surface area contributed by atoms with Gasteiger partial charge in [-0.05, 0) is 61.0 Å². The summed E-state index contributed by atoms with van der Waals surface area (Å²) in [5.74, 6) is -1.38. The summed E-state index contributed by atoms with van der Waals surface area (Å²) in [4.78, 5) is 53.5. The molecule has 4 amide bonds. The number of hydrogen-bond acceptors (Lipinski definition) is 6. The Labute approximate surface area is 198 Å². The molecule has 176 valence electrons. The number of nitrogens with zero attached hydrogens (tertiary/aromatic N) is 2. The molecule has 3 aliphatic rings. The van der Waals surface area contributed by atoms with Crippen LogP contribution in [0.5, 0.6) is 0 Å². The zero-order chi connectivity index (χ0) is 23.8. The predicted molar refractivity (Wildman–Crippen MR) is 125 cm³/mol. The average molecular weight is 461 g/mol. The van der Waals surface area contributed by atoms with E-state index in [-0.39, 0.29) is 18.7 Å². The molecule has 2 aromatic rings. The number of carbonyl (C=O) groups excluding carboxylic acids is 4. The summed E-state index contributed by atoms with van der Waals surface area (Å²) < 4.78 is 0. The Kier molecular flexibility index (Phi) is 6.02. The Morgan fingerprint density at radius 3 is 2.32 bits per heavy atom. The summed E-state index contributed by atoms with van der Waals surface area (Å²) >= 11 is 0. The fourth-order valence-electron chi connectivity index (χ4n) is 5.31. The molecule has 34 heavy (non-hydrogen) atoms. The Balaban J connectivity index is 1.28. The molecule has 8 nitrogen and oxygen atoms in total. The van der Waals surface area contributed by atoms with Crippen LogP contribution in [0.2, 0.25) is 0 Å². The standard InChI is InChI=1S/C26H28N4O4/c27-14-16-4-6-17(7-5-16)18-10-12-29(13-11-18)15-19-2-1-3-20-23(19)26(34)30(25(20)33)21-8-9-22(31)28-24(21)32/h1-7,18,21H,8-15,27H2,(H,28,31,32). The number of rotatable bonds is 5. The molecule has 0 radical (unpaired) electrons. The average Bonchev–Trinajstić information content (AvgIpc) is 3.10. The van der Waals surface area contributed by atoms with Crippen LogP contribution in [0.1, 0.15) is 69.0 Å². The van der Waals surface area contributed by atoms with Crippen molar-refractivity contribution in [1.82, 2.24) is 15.1 Å². The molecule has 0 saturated carbocycles. The smallest absolute Gasteiger partial charge is 0.262 e. The lowest BCUT2D eigenvalue weighted by Crippen LogP contribution is -2.54. The van der Waals surface area contributed by atoms with Gasteiger partial charge in [0.05, 0.1) is 11.1 Å². The molecule has 2 saturated heterocycles. The lowest BCUT2D eigenvalue weighted by atomic mass is 9.88. The van der Waals surface area contributed by atoms with Crippen LogP contribution in [0.3, 0.4) is 0 Å². The number of piperidine rings is 2. The summed E-state index contributed by atoms with van der Waals surface area (Å²) in [7, 11) is 0. The van der Waals surface area contributed by atoms with Gasteiger partial charge in [-0.2, -0.15) is 0 Å². The van der Waals surface area contributed by atoms with E-state index in [4.69, 9.17) is 5.73 Å². The van der Waals surface area contributed by atoms with Crippen molar-refractivity contribution in [3.8, 4) is 0 Å². The van der Waals surface area contributed by atoms with Gasteiger partial charge in [-0.25, -0.2) is 0 Å². The van der Waals surface area contributed by atoms with Gasteiger partial charge >= 0.3 is 0 Å². The molecule has 3 heterocycles. The van der Waals surface area contributed by atoms with E-state index in [1.165, 1.54) is 5.56 Å². The zero-order valence-electron chi connectivity index (χ0n) is 19.0. The van der Waals surface area contributed by atoms with Crippen molar-refractivity contribution in [1.29, 1.82) is 0 Å². The quantitative estimate of drug-likeness (QED) is 0.660. The van der Waals surface area contributed by atoms with E-state index < -0.39 is 23.8 Å². The fraction of sp³-hybridized carbons (Fsp3) is 0.385. The highest BCUT2D eigenvalue weighted by Crippen LogP contribution is 2.33. The van der Waals surface area contributed by atoms with Crippen LogP contribution in [-0.4, -0.2) is 52.6 Å². The van der Waals surface area contributed by atoms with Gasteiger partial charge in [-0.3, -0.25) is 34.3 Å². The zero-order valence-corrected chi connectivity index (χ0v) is 19.0. The van der Waals surface area contributed by atoms with Crippen LogP contribution in [0.15, 0.2) is 42.5 Å². The molecular formula is C26H28N4O4. The number of carbonyl (C=O) groups is 4. The SMILES string of the molecule is NCc1ccc(C2CCN(Cc3cccc4c3C(=O)N(C3CCC(=O)NC3=O)C4=O)CC2)cc1. The number of likely N-dealkylation sites (tertiary alicyclic amines) is 1. The van der Waals surface area contributed by atoms with Gasteiger partial charge in [0.15, 0.2) is 0 Å². The topological polar surface area (TPSA) is 113 Å². The highest BCUT2D eigenvalue weighted by atomic mass is 16.2. The van der Waals surface area contributed by atoms with Crippen molar-refractivity contribution in [2.45, 2.75) is 50.7 Å². The highest BCUT2D eigenvalue weighted by molar-refractivity contribution is 6.24. The fourth-order valence-corrected chi connectivity index (χ4v) is 5.31. The van der Waals surface area contributed by atoms with Crippen LogP contribution >= 0.6 is 0 Å². The summed E-state index contributed by atoms with van der Waals surface area (Å²) in [6.45, 7) is 2.91. The van der Waals surface area contributed by atoms with Crippen molar-refractivity contribution in [3.63, 3.8) is 0 Å². The number of imide groups is 2. The van der Waals surface area contributed by atoms with E-state index >= 15 is 0 Å². The van der Waals surface area contributed by atoms with Crippen molar-refractivity contribution in [2.24, 2.45) is 5.73 Å². The maximum atomic E-state index is 13.3. The Bertz CT molecular complexity index is 1150. The van der Waals surface area contributed by atoms with Gasteiger partial charge in [-0.15, -0.1) is 0 Å². The second kappa shape index (κ2) is 9.12. The Hall–Kier alpha value is -3.36. The number of nitrogens with one attached hydrogen (secondary N) is 1. The third kappa shape index (κ3) is 4.03. The monoisotopic (exact) mass is 460 g/mol. The molecule has 1 atom stereocenters. The minimum atomic E-state index is -0.945. The molecule has 0 aliphatic carbocycles. The number of hydrogen-bond donors (Lipinski definition) is 2. The number of fused-ring (bicyclic) bond motifs is 1. The molecule has 5 rings (SSSR count). The largest absolute Gasteiger partial charge is 0.326 e. The molecule has 8 heteroatoms. The van der Waals surface area contributed by atoms with Crippen LogP contribution in [0.25, 0.3) is 0 Å². The van der Waals surface area contributed by atoms with E-state index in [0.717, 1.165) is 42.0 Å². The summed E-state index contributed by atoms with van der Waals surface area (Å²) in [5.41, 5.74) is 9.69. The van der Waals surface area contributed by atoms with Gasteiger partial charge in [-0.1, -0.05) is 36.4 Å². The molecule has 2 aromatic carbocycles. The molecule has 3 aliphatic heterocycles. The lowest BCUT2D eigenvalue weighted by molar-refractivity contribution is -0.136. The van der Waals surface area contributed by atoms with E-state index in [1.807, 2.05) is 6.07 Å². The van der Waals surface area contributed by atoms with Crippen LogP contribution in [0, 0.1) is 0 Å². The molecule has 2 fully saturated rings. The van der Waals surface area contributed by atoms with Crippen molar-refractivity contribution < 1.29 is 19.2 Å². The van der Waals surface area contributed by atoms with Crippen molar-refractivity contribution in [3.05, 3.63) is 70.3 Å². The van der Waals surface area contributed by atoms with Gasteiger partial charge in [0.25, 0.3) is 11.8 Å². The van der Waals surface area contributed by atoms with Gasteiger partial charge in [0.1, 0.15) is 6.04 Å². The predicted octanol–water partition coefficient (Wildman–Crippen LogP) is 1.93. The Morgan fingerprint density at radius 1 is 0.912 bits per heavy atom. The third-order valence-electron chi connectivity index (χ3n) is 7.22. The maximum Gasteiger partial charge on any atom is 0.262 e. The summed E-state index contributed by atoms with van der Waals surface area (Å²) in [6.07, 6.45) is 2.31. The van der Waals surface area contributed by atoms with E-state index in [9.17, 15) is 19.2 Å². The molecule has 3 N–H and O–H groups in total. The second-order valence-electron chi connectivity index (χ2n) is 9.28. The van der Waals surface area contributed by atoms with Crippen molar-refractivity contribution >= 4 is 23.6 Å². The minimum Gasteiger partial charge on any atom is -0.326 e. The van der Waals surface area contributed by atoms with Crippen LogP contribution in [0.4, 0.5) is 0 Å². The normalized spacial score (nSPS) is 21.7. The second-order valence-corrected chi connectivity index (χ2v) is 9.28. The molecule has 0 bridgehead atoms. The van der Waals surface area contributed by atoms with Crippen LogP contribution in [-0.2, 0) is 22.7 Å². The first-order chi connectivity index (χ1) is 16.5. The molecule has 1 unspecified atom stereocenters. The first kappa shape index (κ1) is 22.4. The highest BCUT2D eigenvalue weighted by Gasteiger charge is 2.45. The first-order valence-corrected chi connectivity index (χ1v) is 11.8. The van der Waals surface area contributed by atoms with Crippen LogP contribution < -0.4 is 11.1 Å². The summed E-state index contributed by atoms with van der Waals surface area (Å²) in [5, 5.41) is 2.24. The molecule has 0 aromatic heterocycles. The van der Waals surface area contributed by atoms with Crippen molar-refractivity contribution in [2.75, 3.05) is 13.1 Å². The van der Waals surface area contributed by atoms with E-state index in [1.54, 1.807) is 12.1 Å². The first-order valence-electron chi connectivity index (χ1n) is 11.8. The number of amides is 4. The molecule has 0 spiro atoms. The van der Waals surface area contributed by atoms with E-state index in [2.05, 4.69) is 34.5 Å². The van der Waals surface area contributed by atoms with Gasteiger partial charge in [0.2, 0.25) is 11.8 Å². The lowest BCUT2D eigenvalue weighted by Gasteiger charge is -2.32. The maximum absolute atomic E-state index is 13.3. The summed E-state index contributed by atoms with van der Waals surface area (Å²) in [6, 6.07) is 12.9. The van der Waals surface area contributed by atoms with Gasteiger partial charge < -0.3 is 5.73 Å². The minimum absolute atomic E-state index is 0.112. The molecular weight excluding hydrogens is 432 g/mol.